The van der Waals surface area contributed by atoms with E-state index in [1.54, 1.807) is 12.4 Å². The number of hydrogen-bond donors (Lipinski definition) is 1. The SMILES string of the molecule is CC(=O)Nc1cn2cc(-c3cccnc3-c3cccc(C)n3)ccc2n1. The molecule has 0 aliphatic heterocycles. The molecule has 26 heavy (non-hydrogen) atoms. The van der Waals surface area contributed by atoms with Crippen molar-refractivity contribution in [2.45, 2.75) is 13.8 Å². The van der Waals surface area contributed by atoms with Gasteiger partial charge in [0.05, 0.1) is 17.6 Å². The molecule has 6 nitrogen and oxygen atoms in total. The van der Waals surface area contributed by atoms with Crippen LogP contribution in [0.4, 0.5) is 5.82 Å². The zero-order valence-electron chi connectivity index (χ0n) is 14.5. The van der Waals surface area contributed by atoms with E-state index in [0.29, 0.717) is 5.82 Å². The summed E-state index contributed by atoms with van der Waals surface area (Å²) in [6.45, 7) is 3.43. The van der Waals surface area contributed by atoms with Crippen LogP contribution in [0.5, 0.6) is 0 Å². The number of pyridine rings is 3. The fraction of sp³-hybridized carbons (Fsp3) is 0.100. The average Bonchev–Trinajstić information content (AvgIpc) is 3.02. The normalized spacial score (nSPS) is 10.8. The van der Waals surface area contributed by atoms with Crippen LogP contribution in [0.15, 0.2) is 61.1 Å². The van der Waals surface area contributed by atoms with Crippen LogP contribution in [0, 0.1) is 6.92 Å². The number of imidazole rings is 1. The van der Waals surface area contributed by atoms with Crippen LogP contribution < -0.4 is 5.32 Å². The molecular formula is C20H17N5O. The number of nitrogens with one attached hydrogen (secondary N) is 1. The molecule has 1 N–H and O–H groups in total. The fourth-order valence-electron chi connectivity index (χ4n) is 2.91. The van der Waals surface area contributed by atoms with Gasteiger partial charge < -0.3 is 9.72 Å². The van der Waals surface area contributed by atoms with Gasteiger partial charge >= 0.3 is 0 Å². The number of carbonyl (C=O) groups excluding carboxylic acids is 1. The lowest BCUT2D eigenvalue weighted by atomic mass is 10.0. The first kappa shape index (κ1) is 16.0. The maximum atomic E-state index is 11.2. The van der Waals surface area contributed by atoms with Crippen molar-refractivity contribution in [2.24, 2.45) is 0 Å². The van der Waals surface area contributed by atoms with Gasteiger partial charge in [-0.2, -0.15) is 0 Å². The van der Waals surface area contributed by atoms with E-state index in [1.165, 1.54) is 6.92 Å². The van der Waals surface area contributed by atoms with Gasteiger partial charge in [-0.15, -0.1) is 0 Å². The van der Waals surface area contributed by atoms with E-state index in [-0.39, 0.29) is 5.91 Å². The highest BCUT2D eigenvalue weighted by molar-refractivity contribution is 5.88. The highest BCUT2D eigenvalue weighted by Gasteiger charge is 2.11. The molecule has 4 aromatic heterocycles. The molecule has 4 rings (SSSR count). The molecular weight excluding hydrogens is 326 g/mol. The van der Waals surface area contributed by atoms with E-state index in [0.717, 1.165) is 33.9 Å². The van der Waals surface area contributed by atoms with Gasteiger partial charge in [0, 0.05) is 36.1 Å². The molecule has 0 saturated heterocycles. The number of aryl methyl sites for hydroxylation is 1. The van der Waals surface area contributed by atoms with Gasteiger partial charge in [0.25, 0.3) is 0 Å². The molecule has 0 unspecified atom stereocenters. The number of aromatic nitrogens is 4. The van der Waals surface area contributed by atoms with Crippen LogP contribution in [-0.4, -0.2) is 25.3 Å². The van der Waals surface area contributed by atoms with Crippen LogP contribution in [0.1, 0.15) is 12.6 Å². The fourth-order valence-corrected chi connectivity index (χ4v) is 2.91. The van der Waals surface area contributed by atoms with Gasteiger partial charge in [0.1, 0.15) is 5.65 Å². The molecule has 1 amide bonds. The van der Waals surface area contributed by atoms with Crippen LogP contribution in [0.25, 0.3) is 28.2 Å². The number of rotatable bonds is 3. The second-order valence-corrected chi connectivity index (χ2v) is 6.05. The summed E-state index contributed by atoms with van der Waals surface area (Å²) in [5, 5.41) is 2.70. The molecule has 0 atom stereocenters. The van der Waals surface area contributed by atoms with Crippen LogP contribution in [0.3, 0.4) is 0 Å². The molecule has 4 heterocycles. The summed E-state index contributed by atoms with van der Waals surface area (Å²) >= 11 is 0. The van der Waals surface area contributed by atoms with Crippen molar-refractivity contribution in [2.75, 3.05) is 5.32 Å². The quantitative estimate of drug-likeness (QED) is 0.615. The lowest BCUT2D eigenvalue weighted by molar-refractivity contribution is -0.114. The Morgan fingerprint density at radius 3 is 2.73 bits per heavy atom. The molecule has 0 saturated carbocycles. The Kier molecular flexibility index (Phi) is 3.93. The summed E-state index contributed by atoms with van der Waals surface area (Å²) in [5.41, 5.74) is 5.36. The van der Waals surface area contributed by atoms with Crippen molar-refractivity contribution in [3.05, 3.63) is 66.7 Å². The Balaban J connectivity index is 1.82. The molecule has 4 aromatic rings. The van der Waals surface area contributed by atoms with E-state index in [9.17, 15) is 4.79 Å². The maximum Gasteiger partial charge on any atom is 0.222 e. The number of anilines is 1. The zero-order chi connectivity index (χ0) is 18.1. The Hall–Kier alpha value is -3.54. The first-order valence-corrected chi connectivity index (χ1v) is 8.26. The first-order valence-electron chi connectivity index (χ1n) is 8.26. The highest BCUT2D eigenvalue weighted by Crippen LogP contribution is 2.29. The van der Waals surface area contributed by atoms with Crippen molar-refractivity contribution >= 4 is 17.4 Å². The maximum absolute atomic E-state index is 11.2. The first-order chi connectivity index (χ1) is 12.6. The molecule has 0 aromatic carbocycles. The second-order valence-electron chi connectivity index (χ2n) is 6.05. The Morgan fingerprint density at radius 1 is 1.04 bits per heavy atom. The number of hydrogen-bond acceptors (Lipinski definition) is 4. The molecule has 0 fully saturated rings. The summed E-state index contributed by atoms with van der Waals surface area (Å²) < 4.78 is 1.89. The standard InChI is InChI=1S/C20H17N5O/c1-13-5-3-7-17(22-13)20-16(6-4-10-21-20)15-8-9-19-24-18(23-14(2)26)12-25(19)11-15/h3-12H,1-2H3,(H,23,26). The van der Waals surface area contributed by atoms with Crippen LogP contribution in [-0.2, 0) is 4.79 Å². The monoisotopic (exact) mass is 343 g/mol. The Bertz CT molecular complexity index is 1120. The lowest BCUT2D eigenvalue weighted by Crippen LogP contribution is -2.05. The number of amides is 1. The van der Waals surface area contributed by atoms with Crippen molar-refractivity contribution in [3.8, 4) is 22.5 Å². The van der Waals surface area contributed by atoms with Gasteiger partial charge in [0.15, 0.2) is 5.82 Å². The molecule has 0 aliphatic carbocycles. The third-order valence-electron chi connectivity index (χ3n) is 4.00. The summed E-state index contributed by atoms with van der Waals surface area (Å²) in [4.78, 5) is 24.8. The molecule has 0 aliphatic rings. The van der Waals surface area contributed by atoms with Gasteiger partial charge in [-0.1, -0.05) is 12.1 Å². The summed E-state index contributed by atoms with van der Waals surface area (Å²) in [5.74, 6) is 0.384. The molecule has 0 bridgehead atoms. The molecule has 0 radical (unpaired) electrons. The predicted molar refractivity (Wildman–Crippen MR) is 101 cm³/mol. The average molecular weight is 343 g/mol. The van der Waals surface area contributed by atoms with Crippen LogP contribution in [0.2, 0.25) is 0 Å². The zero-order valence-corrected chi connectivity index (χ0v) is 14.5. The smallest absolute Gasteiger partial charge is 0.222 e. The summed E-state index contributed by atoms with van der Waals surface area (Å²) in [6.07, 6.45) is 5.54. The van der Waals surface area contributed by atoms with Crippen molar-refractivity contribution in [3.63, 3.8) is 0 Å². The van der Waals surface area contributed by atoms with Gasteiger partial charge in [-0.3, -0.25) is 14.8 Å². The van der Waals surface area contributed by atoms with Crippen LogP contribution >= 0.6 is 0 Å². The summed E-state index contributed by atoms with van der Waals surface area (Å²) in [7, 11) is 0. The van der Waals surface area contributed by atoms with E-state index < -0.39 is 0 Å². The van der Waals surface area contributed by atoms with E-state index in [4.69, 9.17) is 0 Å². The van der Waals surface area contributed by atoms with E-state index in [2.05, 4.69) is 20.3 Å². The number of nitrogens with zero attached hydrogens (tertiary/aromatic N) is 4. The minimum absolute atomic E-state index is 0.145. The largest absolute Gasteiger partial charge is 0.310 e. The summed E-state index contributed by atoms with van der Waals surface area (Å²) in [6, 6.07) is 13.8. The number of fused-ring (bicyclic) bond motifs is 1. The van der Waals surface area contributed by atoms with E-state index in [1.807, 2.05) is 60.0 Å². The lowest BCUT2D eigenvalue weighted by Gasteiger charge is -2.09. The van der Waals surface area contributed by atoms with Gasteiger partial charge in [0.2, 0.25) is 5.91 Å². The Morgan fingerprint density at radius 2 is 1.92 bits per heavy atom. The third-order valence-corrected chi connectivity index (χ3v) is 4.00. The minimum Gasteiger partial charge on any atom is -0.310 e. The molecule has 6 heteroatoms. The Labute approximate surface area is 150 Å². The number of carbonyl (C=O) groups is 1. The predicted octanol–water partition coefficient (Wildman–Crippen LogP) is 3.73. The topological polar surface area (TPSA) is 72.2 Å². The van der Waals surface area contributed by atoms with Gasteiger partial charge in [-0.25, -0.2) is 4.98 Å². The second kappa shape index (κ2) is 6.40. The third kappa shape index (κ3) is 3.04. The van der Waals surface area contributed by atoms with Crippen molar-refractivity contribution in [1.82, 2.24) is 19.4 Å². The van der Waals surface area contributed by atoms with E-state index >= 15 is 0 Å². The van der Waals surface area contributed by atoms with Gasteiger partial charge in [-0.05, 0) is 37.3 Å². The minimum atomic E-state index is -0.145. The highest BCUT2D eigenvalue weighted by atomic mass is 16.1. The van der Waals surface area contributed by atoms with Crippen molar-refractivity contribution in [1.29, 1.82) is 0 Å². The molecule has 128 valence electrons. The van der Waals surface area contributed by atoms with Crippen molar-refractivity contribution < 1.29 is 4.79 Å². The molecule has 0 spiro atoms.